The molecule has 1 amide bonds. The van der Waals surface area contributed by atoms with E-state index in [0.29, 0.717) is 19.0 Å². The average molecular weight is 378 g/mol. The molecule has 28 heavy (non-hydrogen) atoms. The van der Waals surface area contributed by atoms with Gasteiger partial charge in [-0.05, 0) is 42.8 Å². The fourth-order valence-corrected chi connectivity index (χ4v) is 2.46. The molecule has 0 saturated carbocycles. The Morgan fingerprint density at radius 2 is 1.75 bits per heavy atom. The van der Waals surface area contributed by atoms with Gasteiger partial charge in [0.05, 0.1) is 26.0 Å². The highest BCUT2D eigenvalue weighted by molar-refractivity contribution is 6.03. The van der Waals surface area contributed by atoms with Gasteiger partial charge in [-0.1, -0.05) is 18.2 Å². The van der Waals surface area contributed by atoms with Crippen LogP contribution < -0.4 is 20.1 Å². The second kappa shape index (κ2) is 9.36. The maximum Gasteiger partial charge on any atom is 0.275 e. The first-order valence-corrected chi connectivity index (χ1v) is 8.85. The summed E-state index contributed by atoms with van der Waals surface area (Å²) in [6.07, 6.45) is 2.97. The van der Waals surface area contributed by atoms with Crippen LogP contribution in [0.4, 0.5) is 11.5 Å². The van der Waals surface area contributed by atoms with E-state index < -0.39 is 0 Å². The van der Waals surface area contributed by atoms with Crippen molar-refractivity contribution in [3.8, 4) is 11.5 Å². The fraction of sp³-hybridized carbons (Fsp3) is 0.190. The molecule has 0 aliphatic rings. The van der Waals surface area contributed by atoms with Gasteiger partial charge in [-0.25, -0.2) is 9.97 Å². The van der Waals surface area contributed by atoms with Gasteiger partial charge < -0.3 is 20.1 Å². The van der Waals surface area contributed by atoms with Crippen LogP contribution in [0.3, 0.4) is 0 Å². The highest BCUT2D eigenvalue weighted by Crippen LogP contribution is 2.17. The van der Waals surface area contributed by atoms with Gasteiger partial charge in [-0.15, -0.1) is 0 Å². The molecule has 0 unspecified atom stereocenters. The lowest BCUT2D eigenvalue weighted by atomic mass is 10.2. The highest BCUT2D eigenvalue weighted by atomic mass is 16.5. The molecule has 144 valence electrons. The summed E-state index contributed by atoms with van der Waals surface area (Å²) < 4.78 is 10.7. The lowest BCUT2D eigenvalue weighted by Crippen LogP contribution is -2.16. The molecule has 0 bridgehead atoms. The Kier molecular flexibility index (Phi) is 6.41. The zero-order valence-corrected chi connectivity index (χ0v) is 15.8. The summed E-state index contributed by atoms with van der Waals surface area (Å²) in [7, 11) is 1.62. The molecule has 7 heteroatoms. The minimum absolute atomic E-state index is 0.253. The summed E-state index contributed by atoms with van der Waals surface area (Å²) in [6.45, 7) is 2.95. The maximum atomic E-state index is 12.3. The number of aryl methyl sites for hydroxylation is 1. The average Bonchev–Trinajstić information content (AvgIpc) is 2.73. The van der Waals surface area contributed by atoms with Crippen molar-refractivity contribution in [2.24, 2.45) is 0 Å². The van der Waals surface area contributed by atoms with Crippen molar-refractivity contribution in [2.75, 3.05) is 30.9 Å². The Bertz CT molecular complexity index is 912. The molecule has 0 atom stereocenters. The Morgan fingerprint density at radius 1 is 1.00 bits per heavy atom. The van der Waals surface area contributed by atoms with Gasteiger partial charge in [0.2, 0.25) is 0 Å². The van der Waals surface area contributed by atoms with Crippen LogP contribution in [0.15, 0.2) is 60.9 Å². The number of amides is 1. The molecule has 0 aliphatic carbocycles. The van der Waals surface area contributed by atoms with Crippen molar-refractivity contribution < 1.29 is 14.3 Å². The van der Waals surface area contributed by atoms with Crippen LogP contribution in [-0.4, -0.2) is 36.1 Å². The SMILES string of the molecule is COc1ccc(OCCNc2cnc(C(=O)Nc3ccccc3C)cn2)cc1. The third-order valence-corrected chi connectivity index (χ3v) is 4.01. The normalized spacial score (nSPS) is 10.2. The molecule has 1 aromatic heterocycles. The summed E-state index contributed by atoms with van der Waals surface area (Å²) in [6, 6.07) is 14.9. The van der Waals surface area contributed by atoms with E-state index in [1.165, 1.54) is 12.4 Å². The number of nitrogens with zero attached hydrogens (tertiary/aromatic N) is 2. The summed E-state index contributed by atoms with van der Waals surface area (Å²) in [5.41, 5.74) is 1.99. The third-order valence-electron chi connectivity index (χ3n) is 4.01. The molecular weight excluding hydrogens is 356 g/mol. The smallest absolute Gasteiger partial charge is 0.275 e. The Hall–Kier alpha value is -3.61. The van der Waals surface area contributed by atoms with Crippen LogP contribution in [0.1, 0.15) is 16.1 Å². The molecule has 0 radical (unpaired) electrons. The summed E-state index contributed by atoms with van der Waals surface area (Å²) >= 11 is 0. The largest absolute Gasteiger partial charge is 0.497 e. The molecule has 1 heterocycles. The molecule has 7 nitrogen and oxygen atoms in total. The zero-order valence-electron chi connectivity index (χ0n) is 15.8. The third kappa shape index (κ3) is 5.20. The first-order valence-electron chi connectivity index (χ1n) is 8.85. The van der Waals surface area contributed by atoms with Gasteiger partial charge >= 0.3 is 0 Å². The number of nitrogens with one attached hydrogen (secondary N) is 2. The fourth-order valence-electron chi connectivity index (χ4n) is 2.46. The van der Waals surface area contributed by atoms with E-state index in [-0.39, 0.29) is 11.6 Å². The van der Waals surface area contributed by atoms with Gasteiger partial charge in [-0.3, -0.25) is 4.79 Å². The van der Waals surface area contributed by atoms with Crippen LogP contribution in [0, 0.1) is 6.92 Å². The first kappa shape index (κ1) is 19.2. The molecule has 3 rings (SSSR count). The standard InChI is InChI=1S/C21H22N4O3/c1-15-5-3-4-6-18(15)25-21(26)19-13-24-20(14-23-19)22-11-12-28-17-9-7-16(27-2)8-10-17/h3-10,13-14H,11-12H2,1-2H3,(H,22,24)(H,25,26). The van der Waals surface area contributed by atoms with E-state index in [9.17, 15) is 4.79 Å². The molecular formula is C21H22N4O3. The van der Waals surface area contributed by atoms with Crippen LogP contribution in [0.5, 0.6) is 11.5 Å². The Labute approximate surface area is 163 Å². The predicted octanol–water partition coefficient (Wildman–Crippen LogP) is 3.54. The monoisotopic (exact) mass is 378 g/mol. The van der Waals surface area contributed by atoms with Crippen molar-refractivity contribution in [2.45, 2.75) is 6.92 Å². The molecule has 0 saturated heterocycles. The summed E-state index contributed by atoms with van der Waals surface area (Å²) in [4.78, 5) is 20.7. The predicted molar refractivity (Wildman–Crippen MR) is 108 cm³/mol. The van der Waals surface area contributed by atoms with Crippen molar-refractivity contribution in [1.29, 1.82) is 0 Å². The number of hydrogen-bond acceptors (Lipinski definition) is 6. The number of anilines is 2. The zero-order chi connectivity index (χ0) is 19.8. The minimum Gasteiger partial charge on any atom is -0.497 e. The number of carbonyl (C=O) groups excluding carboxylic acids is 1. The second-order valence-electron chi connectivity index (χ2n) is 6.01. The first-order chi connectivity index (χ1) is 13.7. The highest BCUT2D eigenvalue weighted by Gasteiger charge is 2.09. The minimum atomic E-state index is -0.295. The molecule has 0 aliphatic heterocycles. The number of ether oxygens (including phenoxy) is 2. The number of para-hydroxylation sites is 1. The molecule has 0 fully saturated rings. The van der Waals surface area contributed by atoms with Crippen LogP contribution in [0.2, 0.25) is 0 Å². The van der Waals surface area contributed by atoms with Gasteiger partial charge in [-0.2, -0.15) is 0 Å². The van der Waals surface area contributed by atoms with Crippen LogP contribution >= 0.6 is 0 Å². The second-order valence-corrected chi connectivity index (χ2v) is 6.01. The quantitative estimate of drug-likeness (QED) is 0.583. The van der Waals surface area contributed by atoms with Crippen molar-refractivity contribution in [3.05, 3.63) is 72.2 Å². The number of aromatic nitrogens is 2. The number of hydrogen-bond donors (Lipinski definition) is 2. The molecule has 2 N–H and O–H groups in total. The Morgan fingerprint density at radius 3 is 2.43 bits per heavy atom. The lowest BCUT2D eigenvalue weighted by molar-refractivity contribution is 0.102. The van der Waals surface area contributed by atoms with E-state index in [0.717, 1.165) is 22.7 Å². The molecule has 2 aromatic carbocycles. The molecule has 0 spiro atoms. The summed E-state index contributed by atoms with van der Waals surface area (Å²) in [5.74, 6) is 1.83. The molecule has 3 aromatic rings. The van der Waals surface area contributed by atoms with E-state index in [2.05, 4.69) is 20.6 Å². The topological polar surface area (TPSA) is 85.4 Å². The van der Waals surface area contributed by atoms with Crippen LogP contribution in [0.25, 0.3) is 0 Å². The number of carbonyl (C=O) groups is 1. The van der Waals surface area contributed by atoms with E-state index in [4.69, 9.17) is 9.47 Å². The van der Waals surface area contributed by atoms with Crippen molar-refractivity contribution in [1.82, 2.24) is 9.97 Å². The van der Waals surface area contributed by atoms with Gasteiger partial charge in [0, 0.05) is 5.69 Å². The van der Waals surface area contributed by atoms with Crippen molar-refractivity contribution in [3.63, 3.8) is 0 Å². The number of rotatable bonds is 8. The van der Waals surface area contributed by atoms with Gasteiger partial charge in [0.15, 0.2) is 0 Å². The maximum absolute atomic E-state index is 12.3. The van der Waals surface area contributed by atoms with Gasteiger partial charge in [0.25, 0.3) is 5.91 Å². The van der Waals surface area contributed by atoms with E-state index >= 15 is 0 Å². The lowest BCUT2D eigenvalue weighted by Gasteiger charge is -2.09. The van der Waals surface area contributed by atoms with Gasteiger partial charge in [0.1, 0.15) is 29.6 Å². The number of benzene rings is 2. The van der Waals surface area contributed by atoms with E-state index in [1.54, 1.807) is 7.11 Å². The number of methoxy groups -OCH3 is 1. The Balaban J connectivity index is 1.46. The summed E-state index contributed by atoms with van der Waals surface area (Å²) in [5, 5.41) is 5.94. The van der Waals surface area contributed by atoms with Crippen molar-refractivity contribution >= 4 is 17.4 Å². The van der Waals surface area contributed by atoms with E-state index in [1.807, 2.05) is 55.5 Å². The van der Waals surface area contributed by atoms with Crippen LogP contribution in [-0.2, 0) is 0 Å².